The van der Waals surface area contributed by atoms with E-state index in [2.05, 4.69) is 4.90 Å². The second-order valence-electron chi connectivity index (χ2n) is 5.74. The van der Waals surface area contributed by atoms with Crippen molar-refractivity contribution in [3.8, 4) is 17.2 Å². The lowest BCUT2D eigenvalue weighted by molar-refractivity contribution is -0.121. The van der Waals surface area contributed by atoms with E-state index in [0.717, 1.165) is 24.3 Å². The molecule has 0 aliphatic carbocycles. The lowest BCUT2D eigenvalue weighted by atomic mass is 10.1. The molecular formula is C19H21N2O3. The second kappa shape index (κ2) is 7.36. The molecule has 24 heavy (non-hydrogen) atoms. The highest BCUT2D eigenvalue weighted by Crippen LogP contribution is 2.31. The molecule has 1 aliphatic rings. The third kappa shape index (κ3) is 3.68. The molecule has 0 spiro atoms. The predicted molar refractivity (Wildman–Crippen MR) is 91.8 cm³/mol. The van der Waals surface area contributed by atoms with Crippen LogP contribution < -0.4 is 15.2 Å². The van der Waals surface area contributed by atoms with Crippen molar-refractivity contribution in [1.29, 1.82) is 0 Å². The number of hydrogen-bond donors (Lipinski definition) is 1. The van der Waals surface area contributed by atoms with Crippen LogP contribution in [-0.4, -0.2) is 30.5 Å². The van der Waals surface area contributed by atoms with Gasteiger partial charge >= 0.3 is 0 Å². The zero-order valence-corrected chi connectivity index (χ0v) is 13.6. The maximum atomic E-state index is 11.5. The van der Waals surface area contributed by atoms with E-state index in [1.54, 1.807) is 7.11 Å². The van der Waals surface area contributed by atoms with Crippen molar-refractivity contribution in [3.05, 3.63) is 60.5 Å². The van der Waals surface area contributed by atoms with E-state index < -0.39 is 0 Å². The van der Waals surface area contributed by atoms with Crippen LogP contribution in [-0.2, 0) is 11.3 Å². The van der Waals surface area contributed by atoms with Gasteiger partial charge in [-0.2, -0.15) is 0 Å². The molecule has 125 valence electrons. The van der Waals surface area contributed by atoms with Gasteiger partial charge < -0.3 is 15.2 Å². The Morgan fingerprint density at radius 1 is 1.21 bits per heavy atom. The largest absolute Gasteiger partial charge is 0.493 e. The fraction of sp³-hybridized carbons (Fsp3) is 0.263. The fourth-order valence-electron chi connectivity index (χ4n) is 2.93. The van der Waals surface area contributed by atoms with Gasteiger partial charge in [-0.15, -0.1) is 0 Å². The van der Waals surface area contributed by atoms with E-state index in [9.17, 15) is 4.79 Å². The number of nitrogens with two attached hydrogens (primary N) is 1. The summed E-state index contributed by atoms with van der Waals surface area (Å²) in [4.78, 5) is 13.6. The highest BCUT2D eigenvalue weighted by Gasteiger charge is 2.29. The second-order valence-corrected chi connectivity index (χ2v) is 5.74. The number of ether oxygens (including phenoxy) is 2. The Bertz CT molecular complexity index is 717. The molecule has 1 radical (unpaired) electrons. The van der Waals surface area contributed by atoms with Crippen LogP contribution in [0.25, 0.3) is 0 Å². The minimum atomic E-state index is -0.297. The number of amides is 1. The summed E-state index contributed by atoms with van der Waals surface area (Å²) in [6.07, 6.45) is 2.85. The van der Waals surface area contributed by atoms with E-state index in [4.69, 9.17) is 15.2 Å². The smallest absolute Gasteiger partial charge is 0.235 e. The third-order valence-corrected chi connectivity index (χ3v) is 4.07. The normalized spacial score (nSPS) is 17.6. The zero-order chi connectivity index (χ0) is 16.9. The summed E-state index contributed by atoms with van der Waals surface area (Å²) in [5.41, 5.74) is 6.53. The molecule has 1 fully saturated rings. The monoisotopic (exact) mass is 325 g/mol. The average Bonchev–Trinajstić information content (AvgIpc) is 3.04. The van der Waals surface area contributed by atoms with Crippen molar-refractivity contribution in [2.24, 2.45) is 5.73 Å². The highest BCUT2D eigenvalue weighted by atomic mass is 16.5. The van der Waals surface area contributed by atoms with Gasteiger partial charge in [0.15, 0.2) is 11.5 Å². The van der Waals surface area contributed by atoms with Crippen molar-refractivity contribution in [3.63, 3.8) is 0 Å². The van der Waals surface area contributed by atoms with Crippen LogP contribution in [0.3, 0.4) is 0 Å². The molecule has 5 nitrogen and oxygen atoms in total. The van der Waals surface area contributed by atoms with Gasteiger partial charge in [-0.1, -0.05) is 24.3 Å². The summed E-state index contributed by atoms with van der Waals surface area (Å²) in [5.74, 6) is 1.79. The molecule has 0 saturated carbocycles. The number of benzene rings is 2. The Morgan fingerprint density at radius 3 is 2.75 bits per heavy atom. The van der Waals surface area contributed by atoms with Gasteiger partial charge in [0.25, 0.3) is 0 Å². The minimum Gasteiger partial charge on any atom is -0.493 e. The number of rotatable bonds is 6. The lowest BCUT2D eigenvalue weighted by Crippen LogP contribution is -2.39. The van der Waals surface area contributed by atoms with Crippen LogP contribution in [0.4, 0.5) is 0 Å². The van der Waals surface area contributed by atoms with Crippen LogP contribution >= 0.6 is 0 Å². The SMILES string of the molecule is COc1ccccc1Oc1cccc(CN2CC[CH]C2C(N)=O)c1. The molecule has 2 aromatic carbocycles. The Morgan fingerprint density at radius 2 is 2.00 bits per heavy atom. The first-order valence-electron chi connectivity index (χ1n) is 7.94. The highest BCUT2D eigenvalue weighted by molar-refractivity contribution is 5.81. The van der Waals surface area contributed by atoms with E-state index in [1.165, 1.54) is 0 Å². The molecule has 1 unspecified atom stereocenters. The standard InChI is InChI=1S/C19H21N2O3/c1-23-17-9-2-3-10-18(17)24-15-7-4-6-14(12-15)13-21-11-5-8-16(21)19(20)22/h2-4,6-10,12,16H,5,11,13H2,1H3,(H2,20,22). The maximum Gasteiger partial charge on any atom is 0.235 e. The number of primary amides is 1. The summed E-state index contributed by atoms with van der Waals surface area (Å²) < 4.78 is 11.2. The molecule has 0 bridgehead atoms. The number of carbonyl (C=O) groups is 1. The lowest BCUT2D eigenvalue weighted by Gasteiger charge is -2.21. The Labute approximate surface area is 142 Å². The van der Waals surface area contributed by atoms with Gasteiger partial charge in [-0.25, -0.2) is 0 Å². The average molecular weight is 325 g/mol. The number of carbonyl (C=O) groups excluding carboxylic acids is 1. The molecule has 3 rings (SSSR count). The predicted octanol–water partition coefficient (Wildman–Crippen LogP) is 2.75. The van der Waals surface area contributed by atoms with Crippen molar-refractivity contribution < 1.29 is 14.3 Å². The number of hydrogen-bond acceptors (Lipinski definition) is 4. The first-order valence-corrected chi connectivity index (χ1v) is 7.94. The molecule has 1 heterocycles. The third-order valence-electron chi connectivity index (χ3n) is 4.07. The van der Waals surface area contributed by atoms with Crippen molar-refractivity contribution in [2.75, 3.05) is 13.7 Å². The summed E-state index contributed by atoms with van der Waals surface area (Å²) >= 11 is 0. The molecule has 1 amide bonds. The number of para-hydroxylation sites is 2. The summed E-state index contributed by atoms with van der Waals surface area (Å²) in [6.45, 7) is 1.50. The molecular weight excluding hydrogens is 304 g/mol. The van der Waals surface area contributed by atoms with Crippen LogP contribution in [0.1, 0.15) is 12.0 Å². The van der Waals surface area contributed by atoms with Gasteiger partial charge in [0.2, 0.25) is 5.91 Å². The van der Waals surface area contributed by atoms with E-state index in [1.807, 2.05) is 55.0 Å². The van der Waals surface area contributed by atoms with Gasteiger partial charge in [0, 0.05) is 6.54 Å². The Balaban J connectivity index is 1.73. The van der Waals surface area contributed by atoms with Crippen LogP contribution in [0, 0.1) is 6.42 Å². The number of nitrogens with zero attached hydrogens (tertiary/aromatic N) is 1. The van der Waals surface area contributed by atoms with Crippen LogP contribution in [0.15, 0.2) is 48.5 Å². The molecule has 5 heteroatoms. The van der Waals surface area contributed by atoms with Crippen molar-refractivity contribution >= 4 is 5.91 Å². The van der Waals surface area contributed by atoms with Gasteiger partial charge in [-0.05, 0) is 49.2 Å². The zero-order valence-electron chi connectivity index (χ0n) is 13.6. The first-order chi connectivity index (χ1) is 11.7. The Hall–Kier alpha value is -2.53. The van der Waals surface area contributed by atoms with Crippen molar-refractivity contribution in [1.82, 2.24) is 4.90 Å². The topological polar surface area (TPSA) is 64.8 Å². The van der Waals surface area contributed by atoms with Gasteiger partial charge in [0.1, 0.15) is 5.75 Å². The molecule has 1 aliphatic heterocycles. The van der Waals surface area contributed by atoms with Crippen LogP contribution in [0.2, 0.25) is 0 Å². The molecule has 2 aromatic rings. The van der Waals surface area contributed by atoms with E-state index in [-0.39, 0.29) is 11.9 Å². The Kier molecular flexibility index (Phi) is 5.01. The summed E-state index contributed by atoms with van der Waals surface area (Å²) in [6, 6.07) is 15.1. The summed E-state index contributed by atoms with van der Waals surface area (Å²) in [7, 11) is 1.62. The van der Waals surface area contributed by atoms with Crippen molar-refractivity contribution in [2.45, 2.75) is 19.0 Å². The quantitative estimate of drug-likeness (QED) is 0.887. The first kappa shape index (κ1) is 16.3. The van der Waals surface area contributed by atoms with Crippen LogP contribution in [0.5, 0.6) is 17.2 Å². The van der Waals surface area contributed by atoms with E-state index >= 15 is 0 Å². The fourth-order valence-corrected chi connectivity index (χ4v) is 2.93. The van der Waals surface area contributed by atoms with E-state index in [0.29, 0.717) is 18.0 Å². The molecule has 2 N–H and O–H groups in total. The molecule has 1 atom stereocenters. The summed E-state index contributed by atoms with van der Waals surface area (Å²) in [5, 5.41) is 0. The van der Waals surface area contributed by atoms with Gasteiger partial charge in [0.05, 0.1) is 13.2 Å². The number of likely N-dealkylation sites (tertiary alicyclic amines) is 1. The molecule has 1 saturated heterocycles. The number of methoxy groups -OCH3 is 1. The maximum absolute atomic E-state index is 11.5. The molecule has 0 aromatic heterocycles. The minimum absolute atomic E-state index is 0.288. The van der Waals surface area contributed by atoms with Gasteiger partial charge in [-0.3, -0.25) is 9.69 Å².